The van der Waals surface area contributed by atoms with E-state index < -0.39 is 0 Å². The third-order valence-electron chi connectivity index (χ3n) is 1.23. The number of hydrogen-bond acceptors (Lipinski definition) is 2. The van der Waals surface area contributed by atoms with Crippen LogP contribution in [0.15, 0.2) is 13.2 Å². The van der Waals surface area contributed by atoms with E-state index in [1.54, 1.807) is 18.9 Å². The van der Waals surface area contributed by atoms with Crippen LogP contribution < -0.4 is 5.32 Å². The maximum absolute atomic E-state index is 10.5. The van der Waals surface area contributed by atoms with Crippen molar-refractivity contribution in [1.29, 1.82) is 0 Å². The van der Waals surface area contributed by atoms with Gasteiger partial charge in [0.05, 0.1) is 0 Å². The molecule has 0 aliphatic rings. The zero-order chi connectivity index (χ0) is 9.28. The zero-order valence-electron chi connectivity index (χ0n) is 7.68. The Balaban J connectivity index is 0. The minimum Gasteiger partial charge on any atom is -0.345 e. The monoisotopic (exact) mass is 158 g/mol. The van der Waals surface area contributed by atoms with E-state index in [2.05, 4.69) is 18.5 Å². The van der Waals surface area contributed by atoms with Crippen molar-refractivity contribution in [2.24, 2.45) is 0 Å². The maximum Gasteiger partial charge on any atom is 0.219 e. The maximum atomic E-state index is 10.5. The van der Waals surface area contributed by atoms with Crippen molar-refractivity contribution in [1.82, 2.24) is 10.2 Å². The number of hydrogen-bond donors (Lipinski definition) is 1. The molecule has 3 nitrogen and oxygen atoms in total. The van der Waals surface area contributed by atoms with Gasteiger partial charge in [0.25, 0.3) is 0 Å². The van der Waals surface area contributed by atoms with Crippen molar-refractivity contribution >= 4 is 5.91 Å². The Bertz CT molecular complexity index is 104. The molecule has 0 bridgehead atoms. The largest absolute Gasteiger partial charge is 0.345 e. The third kappa shape index (κ3) is 9.17. The SMILES string of the molecule is C=C.CNCCN(C)C(C)=O. The summed E-state index contributed by atoms with van der Waals surface area (Å²) in [6.45, 7) is 9.21. The lowest BCUT2D eigenvalue weighted by Crippen LogP contribution is -2.30. The van der Waals surface area contributed by atoms with Gasteiger partial charge in [0.15, 0.2) is 0 Å². The van der Waals surface area contributed by atoms with Crippen LogP contribution in [0.4, 0.5) is 0 Å². The molecule has 66 valence electrons. The van der Waals surface area contributed by atoms with Gasteiger partial charge >= 0.3 is 0 Å². The first-order valence-corrected chi connectivity index (χ1v) is 3.54. The molecule has 0 aliphatic heterocycles. The highest BCUT2D eigenvalue weighted by molar-refractivity contribution is 5.72. The van der Waals surface area contributed by atoms with Gasteiger partial charge in [-0.1, -0.05) is 0 Å². The number of carbonyl (C=O) groups is 1. The molecule has 11 heavy (non-hydrogen) atoms. The van der Waals surface area contributed by atoms with Gasteiger partial charge in [0, 0.05) is 27.1 Å². The van der Waals surface area contributed by atoms with Gasteiger partial charge in [-0.05, 0) is 7.05 Å². The van der Waals surface area contributed by atoms with E-state index in [1.807, 2.05) is 7.05 Å². The second kappa shape index (κ2) is 9.17. The standard InChI is InChI=1S/C6H14N2O.C2H4/c1-6(9)8(3)5-4-7-2;1-2/h7H,4-5H2,1-3H3;1-2H2. The molecular formula is C8H18N2O. The molecule has 0 aromatic carbocycles. The Labute approximate surface area is 69.1 Å². The summed E-state index contributed by atoms with van der Waals surface area (Å²) in [6, 6.07) is 0. The molecule has 0 saturated heterocycles. The second-order valence-electron chi connectivity index (χ2n) is 2.04. The quantitative estimate of drug-likeness (QED) is 0.606. The fourth-order valence-corrected chi connectivity index (χ4v) is 0.437. The predicted octanol–water partition coefficient (Wildman–Crippen LogP) is 0.486. The van der Waals surface area contributed by atoms with Crippen LogP contribution in [0.5, 0.6) is 0 Å². The van der Waals surface area contributed by atoms with Crippen molar-refractivity contribution in [3.8, 4) is 0 Å². The van der Waals surface area contributed by atoms with Crippen molar-refractivity contribution in [3.63, 3.8) is 0 Å². The smallest absolute Gasteiger partial charge is 0.219 e. The average Bonchev–Trinajstić information content (AvgIpc) is 2.03. The van der Waals surface area contributed by atoms with E-state index in [-0.39, 0.29) is 5.91 Å². The summed E-state index contributed by atoms with van der Waals surface area (Å²) in [4.78, 5) is 12.2. The van der Waals surface area contributed by atoms with Crippen LogP contribution >= 0.6 is 0 Å². The van der Waals surface area contributed by atoms with E-state index >= 15 is 0 Å². The fourth-order valence-electron chi connectivity index (χ4n) is 0.437. The van der Waals surface area contributed by atoms with Crippen LogP contribution in [-0.4, -0.2) is 38.0 Å². The summed E-state index contributed by atoms with van der Waals surface area (Å²) in [5.74, 6) is 0.116. The number of likely N-dealkylation sites (N-methyl/N-ethyl adjacent to an activating group) is 2. The molecule has 1 N–H and O–H groups in total. The summed E-state index contributed by atoms with van der Waals surface area (Å²) >= 11 is 0. The summed E-state index contributed by atoms with van der Waals surface area (Å²) in [6.07, 6.45) is 0. The predicted molar refractivity (Wildman–Crippen MR) is 48.5 cm³/mol. The van der Waals surface area contributed by atoms with Gasteiger partial charge in [0.1, 0.15) is 0 Å². The fraction of sp³-hybridized carbons (Fsp3) is 0.625. The number of amides is 1. The Hall–Kier alpha value is -0.830. The topological polar surface area (TPSA) is 32.3 Å². The van der Waals surface area contributed by atoms with Crippen LogP contribution in [-0.2, 0) is 4.79 Å². The number of nitrogens with one attached hydrogen (secondary N) is 1. The molecule has 0 rings (SSSR count). The first-order chi connectivity index (χ1) is 5.18. The number of carbonyl (C=O) groups excluding carboxylic acids is 1. The third-order valence-corrected chi connectivity index (χ3v) is 1.23. The van der Waals surface area contributed by atoms with E-state index in [0.717, 1.165) is 13.1 Å². The molecular weight excluding hydrogens is 140 g/mol. The highest BCUT2D eigenvalue weighted by Crippen LogP contribution is 1.79. The lowest BCUT2D eigenvalue weighted by Gasteiger charge is -2.13. The zero-order valence-corrected chi connectivity index (χ0v) is 7.68. The first-order valence-electron chi connectivity index (χ1n) is 3.54. The lowest BCUT2D eigenvalue weighted by molar-refractivity contribution is -0.127. The molecule has 0 radical (unpaired) electrons. The number of rotatable bonds is 3. The molecule has 0 aromatic rings. The van der Waals surface area contributed by atoms with E-state index in [9.17, 15) is 4.79 Å². The highest BCUT2D eigenvalue weighted by Gasteiger charge is 1.97. The molecule has 0 atom stereocenters. The summed E-state index contributed by atoms with van der Waals surface area (Å²) in [7, 11) is 3.66. The second-order valence-corrected chi connectivity index (χ2v) is 2.04. The summed E-state index contributed by atoms with van der Waals surface area (Å²) in [5.41, 5.74) is 0. The first kappa shape index (κ1) is 12.8. The van der Waals surface area contributed by atoms with Crippen molar-refractivity contribution in [3.05, 3.63) is 13.2 Å². The van der Waals surface area contributed by atoms with Gasteiger partial charge in [-0.2, -0.15) is 0 Å². The van der Waals surface area contributed by atoms with Crippen molar-refractivity contribution < 1.29 is 4.79 Å². The molecule has 0 aliphatic carbocycles. The van der Waals surface area contributed by atoms with Crippen LogP contribution in [0.1, 0.15) is 6.92 Å². The van der Waals surface area contributed by atoms with Crippen LogP contribution in [0.2, 0.25) is 0 Å². The van der Waals surface area contributed by atoms with Gasteiger partial charge in [0.2, 0.25) is 5.91 Å². The molecule has 0 aromatic heterocycles. The average molecular weight is 158 g/mol. The van der Waals surface area contributed by atoms with Gasteiger partial charge < -0.3 is 10.2 Å². The summed E-state index contributed by atoms with van der Waals surface area (Å²) < 4.78 is 0. The van der Waals surface area contributed by atoms with Crippen LogP contribution in [0, 0.1) is 0 Å². The molecule has 0 unspecified atom stereocenters. The Morgan fingerprint density at radius 3 is 2.27 bits per heavy atom. The molecule has 0 spiro atoms. The van der Waals surface area contributed by atoms with E-state index in [4.69, 9.17) is 0 Å². The highest BCUT2D eigenvalue weighted by atomic mass is 16.2. The van der Waals surface area contributed by atoms with Crippen LogP contribution in [0.3, 0.4) is 0 Å². The lowest BCUT2D eigenvalue weighted by atomic mass is 10.5. The number of nitrogens with zero attached hydrogens (tertiary/aromatic N) is 1. The van der Waals surface area contributed by atoms with Gasteiger partial charge in [-0.3, -0.25) is 4.79 Å². The molecule has 3 heteroatoms. The van der Waals surface area contributed by atoms with Gasteiger partial charge in [-0.25, -0.2) is 0 Å². The van der Waals surface area contributed by atoms with Crippen LogP contribution in [0.25, 0.3) is 0 Å². The van der Waals surface area contributed by atoms with E-state index in [1.165, 1.54) is 0 Å². The normalized spacial score (nSPS) is 7.91. The Morgan fingerprint density at radius 2 is 2.00 bits per heavy atom. The van der Waals surface area contributed by atoms with E-state index in [0.29, 0.717) is 0 Å². The minimum absolute atomic E-state index is 0.116. The van der Waals surface area contributed by atoms with Crippen molar-refractivity contribution in [2.75, 3.05) is 27.2 Å². The Morgan fingerprint density at radius 1 is 1.55 bits per heavy atom. The minimum atomic E-state index is 0.116. The molecule has 0 heterocycles. The van der Waals surface area contributed by atoms with Crippen molar-refractivity contribution in [2.45, 2.75) is 6.92 Å². The molecule has 0 fully saturated rings. The molecule has 0 saturated carbocycles. The Kier molecular flexibility index (Phi) is 10.7. The summed E-state index contributed by atoms with van der Waals surface area (Å²) in [5, 5.41) is 2.96. The van der Waals surface area contributed by atoms with Gasteiger partial charge in [-0.15, -0.1) is 13.2 Å². The molecule has 1 amide bonds.